The van der Waals surface area contributed by atoms with Crippen LogP contribution in [0.1, 0.15) is 81.9 Å². The molecule has 1 amide bonds. The molecule has 1 unspecified atom stereocenters. The van der Waals surface area contributed by atoms with Gasteiger partial charge in [-0.05, 0) is 97.2 Å². The Morgan fingerprint density at radius 1 is 1.05 bits per heavy atom. The standard InChI is InChI=1S/C35H38N4O4/c1-4-31-29(34(40)41)21-36-39(31)32-10-6-9-30(37-32)28-8-5-7-24-11-14-27(33(24)28)20-25-12-13-26(19-22(25)2)23-15-17-38(18-16-23)35(42)43-3/h5-10,12-13,19,21,23,27H,4,11,14-18,20H2,1-3H3,(H,40,41). The molecule has 2 aromatic carbocycles. The van der Waals surface area contributed by atoms with Crippen LogP contribution >= 0.6 is 0 Å². The van der Waals surface area contributed by atoms with Gasteiger partial charge in [-0.2, -0.15) is 5.10 Å². The molecule has 1 aliphatic heterocycles. The lowest BCUT2D eigenvalue weighted by molar-refractivity contribution is 0.0695. The van der Waals surface area contributed by atoms with Crippen molar-refractivity contribution in [3.05, 3.63) is 99.9 Å². The molecule has 6 rings (SSSR count). The van der Waals surface area contributed by atoms with Gasteiger partial charge in [0.25, 0.3) is 0 Å². The third kappa shape index (κ3) is 5.54. The second kappa shape index (κ2) is 12.0. The number of carbonyl (C=O) groups is 2. The highest BCUT2D eigenvalue weighted by molar-refractivity contribution is 5.88. The molecule has 1 saturated heterocycles. The van der Waals surface area contributed by atoms with Crippen LogP contribution in [0.5, 0.6) is 0 Å². The summed E-state index contributed by atoms with van der Waals surface area (Å²) in [6.45, 7) is 5.61. The average molecular weight is 579 g/mol. The molecule has 43 heavy (non-hydrogen) atoms. The highest BCUT2D eigenvalue weighted by Gasteiger charge is 2.28. The molecular formula is C35H38N4O4. The van der Waals surface area contributed by atoms with Crippen LogP contribution in [-0.4, -0.2) is 57.0 Å². The van der Waals surface area contributed by atoms with Crippen molar-refractivity contribution in [1.29, 1.82) is 0 Å². The molecule has 1 fully saturated rings. The number of pyridine rings is 1. The van der Waals surface area contributed by atoms with Crippen LogP contribution in [0.15, 0.2) is 60.8 Å². The van der Waals surface area contributed by atoms with E-state index < -0.39 is 5.97 Å². The second-order valence-electron chi connectivity index (χ2n) is 11.7. The van der Waals surface area contributed by atoms with Gasteiger partial charge in [0.1, 0.15) is 5.56 Å². The van der Waals surface area contributed by atoms with Gasteiger partial charge in [-0.1, -0.05) is 49.4 Å². The first-order valence-corrected chi connectivity index (χ1v) is 15.2. The Kier molecular flexibility index (Phi) is 8.02. The SMILES string of the molecule is CCc1c(C(=O)O)cnn1-c1cccc(-c2cccc3c2C(Cc2ccc(C4CCN(C(=O)OC)CC4)cc2C)CC3)n1. The zero-order valence-electron chi connectivity index (χ0n) is 25.0. The van der Waals surface area contributed by atoms with E-state index in [9.17, 15) is 14.7 Å². The summed E-state index contributed by atoms with van der Waals surface area (Å²) in [4.78, 5) is 30.4. The molecule has 1 N–H and O–H groups in total. The molecule has 8 nitrogen and oxygen atoms in total. The monoisotopic (exact) mass is 578 g/mol. The maximum atomic E-state index is 11.9. The molecule has 0 bridgehead atoms. The number of methoxy groups -OCH3 is 1. The number of amides is 1. The summed E-state index contributed by atoms with van der Waals surface area (Å²) >= 11 is 0. The normalized spacial score (nSPS) is 16.7. The number of nitrogens with zero attached hydrogens (tertiary/aromatic N) is 4. The van der Waals surface area contributed by atoms with E-state index in [0.29, 0.717) is 29.8 Å². The van der Waals surface area contributed by atoms with Crippen molar-refractivity contribution in [3.63, 3.8) is 0 Å². The minimum absolute atomic E-state index is 0.211. The van der Waals surface area contributed by atoms with Gasteiger partial charge in [0.2, 0.25) is 0 Å². The predicted octanol–water partition coefficient (Wildman–Crippen LogP) is 6.72. The van der Waals surface area contributed by atoms with Crippen molar-refractivity contribution < 1.29 is 19.4 Å². The number of rotatable bonds is 7. The Balaban J connectivity index is 1.24. The van der Waals surface area contributed by atoms with E-state index in [1.807, 2.05) is 25.1 Å². The van der Waals surface area contributed by atoms with Crippen LogP contribution in [-0.2, 0) is 24.0 Å². The van der Waals surface area contributed by atoms with Crippen molar-refractivity contribution in [2.75, 3.05) is 20.2 Å². The summed E-state index contributed by atoms with van der Waals surface area (Å²) < 4.78 is 6.54. The second-order valence-corrected chi connectivity index (χ2v) is 11.7. The number of piperidine rings is 1. The maximum absolute atomic E-state index is 11.9. The number of fused-ring (bicyclic) bond motifs is 1. The van der Waals surface area contributed by atoms with Crippen LogP contribution in [0.4, 0.5) is 4.79 Å². The first-order valence-electron chi connectivity index (χ1n) is 15.2. The van der Waals surface area contributed by atoms with Gasteiger partial charge in [0.05, 0.1) is 24.7 Å². The van der Waals surface area contributed by atoms with Crippen molar-refractivity contribution in [1.82, 2.24) is 19.7 Å². The van der Waals surface area contributed by atoms with E-state index in [-0.39, 0.29) is 11.7 Å². The van der Waals surface area contributed by atoms with E-state index in [1.54, 1.807) is 9.58 Å². The van der Waals surface area contributed by atoms with Crippen LogP contribution in [0.2, 0.25) is 0 Å². The summed E-state index contributed by atoms with van der Waals surface area (Å²) in [7, 11) is 1.44. The van der Waals surface area contributed by atoms with Gasteiger partial charge in [-0.15, -0.1) is 0 Å². The average Bonchev–Trinajstić information content (AvgIpc) is 3.66. The van der Waals surface area contributed by atoms with Gasteiger partial charge in [0, 0.05) is 18.7 Å². The molecule has 0 saturated carbocycles. The molecular weight excluding hydrogens is 540 g/mol. The van der Waals surface area contributed by atoms with Crippen molar-refractivity contribution in [2.24, 2.45) is 0 Å². The lowest BCUT2D eigenvalue weighted by Gasteiger charge is -2.31. The number of benzene rings is 2. The highest BCUT2D eigenvalue weighted by atomic mass is 16.5. The lowest BCUT2D eigenvalue weighted by atomic mass is 9.85. The summed E-state index contributed by atoms with van der Waals surface area (Å²) in [6.07, 6.45) is 6.74. The minimum Gasteiger partial charge on any atom is -0.478 e. The Bertz CT molecular complexity index is 1670. The highest BCUT2D eigenvalue weighted by Crippen LogP contribution is 2.42. The number of carbonyl (C=O) groups excluding carboxylic acids is 1. The Morgan fingerprint density at radius 2 is 1.84 bits per heavy atom. The molecule has 4 aromatic rings. The fourth-order valence-electron chi connectivity index (χ4n) is 6.99. The molecule has 0 radical (unpaired) electrons. The fraction of sp³-hybridized carbons (Fsp3) is 0.371. The van der Waals surface area contributed by atoms with Gasteiger partial charge in [-0.3, -0.25) is 0 Å². The van der Waals surface area contributed by atoms with E-state index in [4.69, 9.17) is 9.72 Å². The smallest absolute Gasteiger partial charge is 0.409 e. The summed E-state index contributed by atoms with van der Waals surface area (Å²) in [5.41, 5.74) is 9.66. The topological polar surface area (TPSA) is 97.6 Å². The Hall–Kier alpha value is -4.46. The van der Waals surface area contributed by atoms with Crippen molar-refractivity contribution in [2.45, 2.75) is 64.2 Å². The zero-order chi connectivity index (χ0) is 30.1. The molecule has 1 atom stereocenters. The number of hydrogen-bond donors (Lipinski definition) is 1. The van der Waals surface area contributed by atoms with Gasteiger partial charge in [0.15, 0.2) is 5.82 Å². The number of aromatic nitrogens is 3. The third-order valence-electron chi connectivity index (χ3n) is 9.26. The van der Waals surface area contributed by atoms with E-state index in [1.165, 1.54) is 41.1 Å². The zero-order valence-corrected chi connectivity index (χ0v) is 25.0. The number of carboxylic acids is 1. The molecule has 222 valence electrons. The van der Waals surface area contributed by atoms with Gasteiger partial charge >= 0.3 is 12.1 Å². The largest absolute Gasteiger partial charge is 0.478 e. The van der Waals surface area contributed by atoms with Crippen LogP contribution in [0.25, 0.3) is 17.1 Å². The lowest BCUT2D eigenvalue weighted by Crippen LogP contribution is -2.37. The van der Waals surface area contributed by atoms with Gasteiger partial charge in [-0.25, -0.2) is 19.3 Å². The van der Waals surface area contributed by atoms with Crippen LogP contribution in [0.3, 0.4) is 0 Å². The van der Waals surface area contributed by atoms with Crippen LogP contribution < -0.4 is 0 Å². The molecule has 0 spiro atoms. The molecule has 2 aliphatic rings. The fourth-order valence-corrected chi connectivity index (χ4v) is 6.99. The van der Waals surface area contributed by atoms with Gasteiger partial charge < -0.3 is 14.7 Å². The number of hydrogen-bond acceptors (Lipinski definition) is 5. The van der Waals surface area contributed by atoms with E-state index in [2.05, 4.69) is 48.4 Å². The Labute approximate surface area is 252 Å². The quantitative estimate of drug-likeness (QED) is 0.261. The predicted molar refractivity (Wildman–Crippen MR) is 165 cm³/mol. The number of aromatic carboxylic acids is 1. The first-order chi connectivity index (χ1) is 20.9. The van der Waals surface area contributed by atoms with Crippen molar-refractivity contribution in [3.8, 4) is 17.1 Å². The molecule has 8 heteroatoms. The minimum atomic E-state index is -0.977. The number of ether oxygens (including phenoxy) is 1. The first kappa shape index (κ1) is 28.6. The maximum Gasteiger partial charge on any atom is 0.409 e. The Morgan fingerprint density at radius 3 is 2.56 bits per heavy atom. The third-order valence-corrected chi connectivity index (χ3v) is 9.26. The number of carboxylic acid groups (broad SMARTS) is 1. The molecule has 3 heterocycles. The molecule has 2 aromatic heterocycles. The van der Waals surface area contributed by atoms with Crippen LogP contribution in [0, 0.1) is 6.92 Å². The molecule has 1 aliphatic carbocycles. The van der Waals surface area contributed by atoms with E-state index in [0.717, 1.165) is 56.5 Å². The number of aryl methyl sites for hydroxylation is 2. The summed E-state index contributed by atoms with van der Waals surface area (Å²) in [6, 6.07) is 19.3. The summed E-state index contributed by atoms with van der Waals surface area (Å²) in [5.74, 6) is 0.493. The van der Waals surface area contributed by atoms with Crippen molar-refractivity contribution >= 4 is 12.1 Å². The number of likely N-dealkylation sites (tertiary alicyclic amines) is 1. The van der Waals surface area contributed by atoms with E-state index >= 15 is 0 Å². The summed E-state index contributed by atoms with van der Waals surface area (Å²) in [5, 5.41) is 14.0.